The van der Waals surface area contributed by atoms with Crippen LogP contribution in [-0.4, -0.2) is 30.3 Å². The maximum absolute atomic E-state index is 11.6. The first kappa shape index (κ1) is 13.6. The summed E-state index contributed by atoms with van der Waals surface area (Å²) in [4.78, 5) is 9.52. The van der Waals surface area contributed by atoms with Gasteiger partial charge < -0.3 is 14.4 Å². The molecule has 0 spiro atoms. The lowest BCUT2D eigenvalue weighted by molar-refractivity contribution is -0.0870. The van der Waals surface area contributed by atoms with E-state index < -0.39 is 13.4 Å². The third-order valence-electron chi connectivity index (χ3n) is 1.49. The maximum Gasteiger partial charge on any atom is 0.256 e. The molecule has 1 N–H and O–H groups in total. The van der Waals surface area contributed by atoms with Crippen LogP contribution in [-0.2, 0) is 14.0 Å². The molecule has 0 bridgehead atoms. The van der Waals surface area contributed by atoms with E-state index in [-0.39, 0.29) is 12.6 Å². The minimum absolute atomic E-state index is 0.0322. The van der Waals surface area contributed by atoms with E-state index in [1.165, 1.54) is 0 Å². The van der Waals surface area contributed by atoms with Crippen LogP contribution in [0.3, 0.4) is 0 Å². The zero-order chi connectivity index (χ0) is 11.0. The lowest BCUT2D eigenvalue weighted by Gasteiger charge is -2.21. The van der Waals surface area contributed by atoms with E-state index >= 15 is 0 Å². The Morgan fingerprint density at radius 3 is 2.29 bits per heavy atom. The number of ether oxygens (including phenoxy) is 2. The summed E-state index contributed by atoms with van der Waals surface area (Å²) in [5.74, 6) is 0. The van der Waals surface area contributed by atoms with Gasteiger partial charge in [-0.3, -0.25) is 4.57 Å². The Kier molecular flexibility index (Phi) is 6.77. The van der Waals surface area contributed by atoms with E-state index in [4.69, 9.17) is 14.7 Å². The average molecular weight is 221 g/mol. The van der Waals surface area contributed by atoms with Crippen LogP contribution in [0.5, 0.6) is 0 Å². The van der Waals surface area contributed by atoms with Crippen molar-refractivity contribution in [2.75, 3.05) is 19.4 Å². The molecule has 82 valence electrons. The second-order valence-corrected chi connectivity index (χ2v) is 4.99. The number of hydrogen-bond donors (Lipinski definition) is 1. The first-order chi connectivity index (χ1) is 6.58. The van der Waals surface area contributed by atoms with Crippen molar-refractivity contribution in [3.8, 4) is 6.07 Å². The van der Waals surface area contributed by atoms with Gasteiger partial charge >= 0.3 is 0 Å². The maximum atomic E-state index is 11.6. The Bertz CT molecular complexity index is 232. The first-order valence-electron chi connectivity index (χ1n) is 4.50. The Labute approximate surface area is 84.1 Å². The number of nitrogens with zero attached hydrogens (tertiary/aromatic N) is 1. The highest BCUT2D eigenvalue weighted by molar-refractivity contribution is 7.58. The predicted molar refractivity (Wildman–Crippen MR) is 52.0 cm³/mol. The number of nitriles is 1. The van der Waals surface area contributed by atoms with Crippen molar-refractivity contribution in [3.05, 3.63) is 0 Å². The standard InChI is InChI=1S/C8H16NO4P/c1-3-12-8(13-4-2)14(10,11)7-5-6-9/h8H,3-5,7H2,1-2H3,(H,10,11). The third kappa shape index (κ3) is 4.73. The predicted octanol–water partition coefficient (Wildman–Crippen LogP) is 1.53. The summed E-state index contributed by atoms with van der Waals surface area (Å²) in [5.41, 5.74) is 0. The molecule has 0 rings (SSSR count). The Morgan fingerprint density at radius 2 is 1.93 bits per heavy atom. The lowest BCUT2D eigenvalue weighted by Crippen LogP contribution is -2.19. The van der Waals surface area contributed by atoms with Gasteiger partial charge in [0.25, 0.3) is 7.37 Å². The Hall–Kier alpha value is -0.400. The van der Waals surface area contributed by atoms with Crippen LogP contribution in [0.4, 0.5) is 0 Å². The van der Waals surface area contributed by atoms with Crippen molar-refractivity contribution in [3.63, 3.8) is 0 Å². The fourth-order valence-electron chi connectivity index (χ4n) is 0.882. The van der Waals surface area contributed by atoms with E-state index in [1.807, 2.05) is 6.07 Å². The van der Waals surface area contributed by atoms with Crippen LogP contribution >= 0.6 is 7.37 Å². The van der Waals surface area contributed by atoms with Crippen molar-refractivity contribution in [1.82, 2.24) is 0 Å². The van der Waals surface area contributed by atoms with Gasteiger partial charge in [-0.25, -0.2) is 0 Å². The third-order valence-corrected chi connectivity index (χ3v) is 3.31. The minimum Gasteiger partial charge on any atom is -0.345 e. The van der Waals surface area contributed by atoms with Crippen molar-refractivity contribution in [1.29, 1.82) is 5.26 Å². The van der Waals surface area contributed by atoms with Gasteiger partial charge in [-0.15, -0.1) is 0 Å². The molecule has 1 unspecified atom stereocenters. The van der Waals surface area contributed by atoms with Gasteiger partial charge in [-0.1, -0.05) is 0 Å². The zero-order valence-electron chi connectivity index (χ0n) is 8.47. The normalized spacial score (nSPS) is 15.1. The molecule has 0 fully saturated rings. The van der Waals surface area contributed by atoms with Gasteiger partial charge in [0.05, 0.1) is 6.07 Å². The molecule has 1 atom stereocenters. The Balaban J connectivity index is 4.30. The number of hydrogen-bond acceptors (Lipinski definition) is 4. The van der Waals surface area contributed by atoms with Crippen molar-refractivity contribution in [2.45, 2.75) is 26.3 Å². The van der Waals surface area contributed by atoms with E-state index in [1.54, 1.807) is 13.8 Å². The lowest BCUT2D eigenvalue weighted by atomic mass is 10.6. The van der Waals surface area contributed by atoms with Crippen LogP contribution in [0, 0.1) is 11.3 Å². The molecule has 0 aromatic rings. The molecule has 6 heteroatoms. The molecule has 0 aromatic heterocycles. The van der Waals surface area contributed by atoms with Gasteiger partial charge in [0.1, 0.15) is 0 Å². The molecule has 0 aliphatic carbocycles. The highest BCUT2D eigenvalue weighted by Gasteiger charge is 2.31. The molecule has 0 saturated carbocycles. The van der Waals surface area contributed by atoms with Gasteiger partial charge in [0.2, 0.25) is 6.03 Å². The molecule has 0 aliphatic rings. The van der Waals surface area contributed by atoms with Gasteiger partial charge in [0.15, 0.2) is 0 Å². The van der Waals surface area contributed by atoms with Crippen LogP contribution in [0.1, 0.15) is 20.3 Å². The fraction of sp³-hybridized carbons (Fsp3) is 0.875. The smallest absolute Gasteiger partial charge is 0.256 e. The van der Waals surface area contributed by atoms with Crippen molar-refractivity contribution in [2.24, 2.45) is 0 Å². The summed E-state index contributed by atoms with van der Waals surface area (Å²) in [6, 6.07) is 0.728. The minimum atomic E-state index is -3.52. The summed E-state index contributed by atoms with van der Waals surface area (Å²) < 4.78 is 21.6. The molecule has 14 heavy (non-hydrogen) atoms. The van der Waals surface area contributed by atoms with Crippen LogP contribution in [0.25, 0.3) is 0 Å². The second-order valence-electron chi connectivity index (χ2n) is 2.61. The van der Waals surface area contributed by atoms with Crippen molar-refractivity contribution < 1.29 is 18.9 Å². The molecule has 0 amide bonds. The van der Waals surface area contributed by atoms with Gasteiger partial charge in [0, 0.05) is 25.8 Å². The summed E-state index contributed by atoms with van der Waals surface area (Å²) in [5, 5.41) is 8.31. The summed E-state index contributed by atoms with van der Waals surface area (Å²) in [6.07, 6.45) is -0.0570. The van der Waals surface area contributed by atoms with Crippen LogP contribution in [0.15, 0.2) is 0 Å². The quantitative estimate of drug-likeness (QED) is 0.520. The van der Waals surface area contributed by atoms with Crippen LogP contribution in [0.2, 0.25) is 0 Å². The molecule has 0 aromatic carbocycles. The molecule has 5 nitrogen and oxygen atoms in total. The molecule has 0 aliphatic heterocycles. The summed E-state index contributed by atoms with van der Waals surface area (Å²) in [6.45, 7) is 4.05. The Morgan fingerprint density at radius 1 is 1.43 bits per heavy atom. The fourth-order valence-corrected chi connectivity index (χ4v) is 2.28. The molecule has 0 radical (unpaired) electrons. The van der Waals surface area contributed by atoms with Gasteiger partial charge in [-0.2, -0.15) is 5.26 Å². The van der Waals surface area contributed by atoms with E-state index in [2.05, 4.69) is 0 Å². The second kappa shape index (κ2) is 6.97. The monoisotopic (exact) mass is 221 g/mol. The van der Waals surface area contributed by atoms with Crippen molar-refractivity contribution >= 4 is 7.37 Å². The molecular weight excluding hydrogens is 205 g/mol. The van der Waals surface area contributed by atoms with E-state index in [0.29, 0.717) is 13.2 Å². The average Bonchev–Trinajstić information content (AvgIpc) is 2.14. The van der Waals surface area contributed by atoms with Gasteiger partial charge in [-0.05, 0) is 13.8 Å². The zero-order valence-corrected chi connectivity index (χ0v) is 9.37. The van der Waals surface area contributed by atoms with Crippen LogP contribution < -0.4 is 0 Å². The highest BCUT2D eigenvalue weighted by Crippen LogP contribution is 2.47. The van der Waals surface area contributed by atoms with E-state index in [9.17, 15) is 9.46 Å². The molecular formula is C8H16NO4P. The molecule has 0 heterocycles. The largest absolute Gasteiger partial charge is 0.345 e. The highest BCUT2D eigenvalue weighted by atomic mass is 31.2. The first-order valence-corrected chi connectivity index (χ1v) is 6.41. The van der Waals surface area contributed by atoms with E-state index in [0.717, 1.165) is 0 Å². The number of rotatable bonds is 7. The summed E-state index contributed by atoms with van der Waals surface area (Å²) in [7, 11) is -3.52. The molecule has 0 saturated heterocycles. The topological polar surface area (TPSA) is 79.6 Å². The SMILES string of the molecule is CCOC(OCC)P(=O)(O)CCC#N. The summed E-state index contributed by atoms with van der Waals surface area (Å²) >= 11 is 0.